The Kier molecular flexibility index (Phi) is 11.7. The highest BCUT2D eigenvalue weighted by molar-refractivity contribution is 7.92. The molecule has 3 aromatic carbocycles. The molecule has 43 heavy (non-hydrogen) atoms. The highest BCUT2D eigenvalue weighted by Crippen LogP contribution is 2.29. The summed E-state index contributed by atoms with van der Waals surface area (Å²) in [5.74, 6) is -0.920. The van der Waals surface area contributed by atoms with E-state index in [-0.39, 0.29) is 30.3 Å². The number of carbonyl (C=O) groups excluding carboxylic acids is 2. The first kappa shape index (κ1) is 34.4. The van der Waals surface area contributed by atoms with Crippen LogP contribution in [0.2, 0.25) is 10.0 Å². The SMILES string of the molecule is CCC(C)NC(=O)C(Cc1ccccc1)N(Cc1c(Cl)cccc1Cl)C(=O)CN(c1ccc(C(C)(C)C)cc1)S(C)(=O)=O. The maximum atomic E-state index is 14.3. The lowest BCUT2D eigenvalue weighted by molar-refractivity contribution is -0.140. The molecule has 0 saturated carbocycles. The van der Waals surface area contributed by atoms with Crippen LogP contribution in [-0.2, 0) is 38.0 Å². The molecule has 0 spiro atoms. The number of rotatable bonds is 12. The molecule has 0 saturated heterocycles. The molecule has 0 aliphatic rings. The number of carbonyl (C=O) groups is 2. The largest absolute Gasteiger partial charge is 0.352 e. The molecule has 2 unspecified atom stereocenters. The molecule has 0 aromatic heterocycles. The van der Waals surface area contributed by atoms with Crippen LogP contribution in [0, 0.1) is 0 Å². The van der Waals surface area contributed by atoms with Crippen molar-refractivity contribution < 1.29 is 18.0 Å². The van der Waals surface area contributed by atoms with Crippen LogP contribution < -0.4 is 9.62 Å². The van der Waals surface area contributed by atoms with Crippen molar-refractivity contribution in [3.8, 4) is 0 Å². The van der Waals surface area contributed by atoms with Gasteiger partial charge in [0.2, 0.25) is 21.8 Å². The van der Waals surface area contributed by atoms with Crippen LogP contribution in [0.15, 0.2) is 72.8 Å². The number of hydrogen-bond acceptors (Lipinski definition) is 4. The van der Waals surface area contributed by atoms with Crippen molar-refractivity contribution in [2.24, 2.45) is 0 Å². The number of benzene rings is 3. The number of sulfonamides is 1. The van der Waals surface area contributed by atoms with Gasteiger partial charge in [-0.05, 0) is 54.2 Å². The van der Waals surface area contributed by atoms with Gasteiger partial charge in [0.25, 0.3) is 0 Å². The van der Waals surface area contributed by atoms with Gasteiger partial charge in [-0.3, -0.25) is 13.9 Å². The van der Waals surface area contributed by atoms with Gasteiger partial charge in [0.15, 0.2) is 0 Å². The summed E-state index contributed by atoms with van der Waals surface area (Å²) in [4.78, 5) is 29.5. The smallest absolute Gasteiger partial charge is 0.244 e. The van der Waals surface area contributed by atoms with Crippen LogP contribution in [-0.4, -0.2) is 50.0 Å². The fraction of sp³-hybridized carbons (Fsp3) is 0.394. The van der Waals surface area contributed by atoms with E-state index in [9.17, 15) is 18.0 Å². The van der Waals surface area contributed by atoms with Gasteiger partial charge in [0.1, 0.15) is 12.6 Å². The fourth-order valence-electron chi connectivity index (χ4n) is 4.59. The minimum absolute atomic E-state index is 0.0939. The van der Waals surface area contributed by atoms with Gasteiger partial charge in [0.05, 0.1) is 11.9 Å². The molecule has 0 bridgehead atoms. The molecular formula is C33H41Cl2N3O4S. The lowest BCUT2D eigenvalue weighted by Crippen LogP contribution is -2.54. The summed E-state index contributed by atoms with van der Waals surface area (Å²) in [6.45, 7) is 9.43. The second-order valence-corrected chi connectivity index (χ2v) is 14.5. The molecule has 2 atom stereocenters. The van der Waals surface area contributed by atoms with Gasteiger partial charge in [-0.15, -0.1) is 0 Å². The van der Waals surface area contributed by atoms with Gasteiger partial charge in [-0.1, -0.05) is 99.4 Å². The standard InChI is InChI=1S/C33H41Cl2N3O4S/c1-7-23(2)36-32(40)30(20-24-12-9-8-10-13-24)37(21-27-28(34)14-11-15-29(27)35)31(39)22-38(43(6,41)42)26-18-16-25(17-19-26)33(3,4)5/h8-19,23,30H,7,20-22H2,1-6H3,(H,36,40). The first-order valence-electron chi connectivity index (χ1n) is 14.3. The van der Waals surface area contributed by atoms with E-state index < -0.39 is 28.5 Å². The quantitative estimate of drug-likeness (QED) is 0.240. The van der Waals surface area contributed by atoms with Crippen molar-refractivity contribution in [2.45, 2.75) is 71.5 Å². The van der Waals surface area contributed by atoms with Crippen LogP contribution >= 0.6 is 23.2 Å². The first-order valence-corrected chi connectivity index (χ1v) is 16.9. The Labute approximate surface area is 266 Å². The second-order valence-electron chi connectivity index (χ2n) is 11.8. The van der Waals surface area contributed by atoms with E-state index in [0.29, 0.717) is 27.7 Å². The van der Waals surface area contributed by atoms with E-state index in [1.165, 1.54) is 4.90 Å². The summed E-state index contributed by atoms with van der Waals surface area (Å²) in [6.07, 6.45) is 1.96. The lowest BCUT2D eigenvalue weighted by atomic mass is 9.87. The summed E-state index contributed by atoms with van der Waals surface area (Å²) in [5, 5.41) is 3.68. The van der Waals surface area contributed by atoms with Crippen LogP contribution in [0.4, 0.5) is 5.69 Å². The zero-order chi connectivity index (χ0) is 31.9. The Balaban J connectivity index is 2.10. The number of nitrogens with one attached hydrogen (secondary N) is 1. The van der Waals surface area contributed by atoms with E-state index in [2.05, 4.69) is 26.1 Å². The van der Waals surface area contributed by atoms with Crippen LogP contribution in [0.3, 0.4) is 0 Å². The van der Waals surface area contributed by atoms with E-state index in [0.717, 1.165) is 21.7 Å². The number of amides is 2. The molecular weight excluding hydrogens is 605 g/mol. The second kappa shape index (κ2) is 14.6. The van der Waals surface area contributed by atoms with Gasteiger partial charge in [-0.2, -0.15) is 0 Å². The maximum absolute atomic E-state index is 14.3. The molecule has 232 valence electrons. The summed E-state index contributed by atoms with van der Waals surface area (Å²) >= 11 is 13.1. The zero-order valence-corrected chi connectivity index (χ0v) is 27.9. The average molecular weight is 647 g/mol. The average Bonchev–Trinajstić information content (AvgIpc) is 2.94. The van der Waals surface area contributed by atoms with E-state index in [4.69, 9.17) is 23.2 Å². The molecule has 0 aliphatic heterocycles. The Bertz CT molecular complexity index is 1490. The predicted molar refractivity (Wildman–Crippen MR) is 176 cm³/mol. The highest BCUT2D eigenvalue weighted by Gasteiger charge is 2.34. The van der Waals surface area contributed by atoms with Crippen molar-refractivity contribution in [2.75, 3.05) is 17.1 Å². The summed E-state index contributed by atoms with van der Waals surface area (Å²) < 4.78 is 27.2. The molecule has 10 heteroatoms. The molecule has 0 fully saturated rings. The fourth-order valence-corrected chi connectivity index (χ4v) is 5.96. The lowest BCUT2D eigenvalue weighted by Gasteiger charge is -2.34. The van der Waals surface area contributed by atoms with Crippen molar-refractivity contribution in [3.63, 3.8) is 0 Å². The molecule has 7 nitrogen and oxygen atoms in total. The Morgan fingerprint density at radius 3 is 2.00 bits per heavy atom. The summed E-state index contributed by atoms with van der Waals surface area (Å²) in [5.41, 5.74) is 2.55. The molecule has 1 N–H and O–H groups in total. The maximum Gasteiger partial charge on any atom is 0.244 e. The van der Waals surface area contributed by atoms with E-state index >= 15 is 0 Å². The minimum Gasteiger partial charge on any atom is -0.352 e. The van der Waals surface area contributed by atoms with Crippen molar-refractivity contribution in [3.05, 3.63) is 99.5 Å². The Morgan fingerprint density at radius 1 is 0.907 bits per heavy atom. The van der Waals surface area contributed by atoms with E-state index in [1.54, 1.807) is 30.3 Å². The third kappa shape index (κ3) is 9.46. The Hall–Kier alpha value is -3.07. The van der Waals surface area contributed by atoms with Gasteiger partial charge in [0, 0.05) is 34.6 Å². The van der Waals surface area contributed by atoms with Crippen LogP contribution in [0.25, 0.3) is 0 Å². The van der Waals surface area contributed by atoms with Crippen molar-refractivity contribution in [1.82, 2.24) is 10.2 Å². The predicted octanol–water partition coefficient (Wildman–Crippen LogP) is 6.61. The normalized spacial score (nSPS) is 13.2. The number of hydrogen-bond donors (Lipinski definition) is 1. The monoisotopic (exact) mass is 645 g/mol. The highest BCUT2D eigenvalue weighted by atomic mass is 35.5. The molecule has 3 rings (SSSR count). The van der Waals surface area contributed by atoms with Crippen LogP contribution in [0.1, 0.15) is 57.7 Å². The van der Waals surface area contributed by atoms with Gasteiger partial charge >= 0.3 is 0 Å². The summed E-state index contributed by atoms with van der Waals surface area (Å²) in [7, 11) is -3.88. The topological polar surface area (TPSA) is 86.8 Å². The number of anilines is 1. The zero-order valence-electron chi connectivity index (χ0n) is 25.6. The Morgan fingerprint density at radius 2 is 1.49 bits per heavy atom. The van der Waals surface area contributed by atoms with Gasteiger partial charge in [-0.25, -0.2) is 8.42 Å². The third-order valence-corrected chi connectivity index (χ3v) is 9.21. The van der Waals surface area contributed by atoms with Crippen molar-refractivity contribution >= 4 is 50.7 Å². The minimum atomic E-state index is -3.88. The molecule has 3 aromatic rings. The third-order valence-electron chi connectivity index (χ3n) is 7.36. The number of halogens is 2. The molecule has 2 amide bonds. The van der Waals surface area contributed by atoms with Gasteiger partial charge < -0.3 is 10.2 Å². The number of nitrogens with zero attached hydrogens (tertiary/aromatic N) is 2. The van der Waals surface area contributed by atoms with Crippen LogP contribution in [0.5, 0.6) is 0 Å². The van der Waals surface area contributed by atoms with Crippen molar-refractivity contribution in [1.29, 1.82) is 0 Å². The molecule has 0 aliphatic carbocycles. The molecule has 0 radical (unpaired) electrons. The van der Waals surface area contributed by atoms with E-state index in [1.807, 2.05) is 56.3 Å². The summed E-state index contributed by atoms with van der Waals surface area (Å²) in [6, 6.07) is 20.4. The molecule has 0 heterocycles. The first-order chi connectivity index (χ1) is 20.1.